The summed E-state index contributed by atoms with van der Waals surface area (Å²) in [5, 5.41) is 20.2. The van der Waals surface area contributed by atoms with E-state index in [0.29, 0.717) is 9.47 Å². The van der Waals surface area contributed by atoms with E-state index < -0.39 is 5.97 Å². The summed E-state index contributed by atoms with van der Waals surface area (Å²) < 4.78 is 1.60. The zero-order valence-electron chi connectivity index (χ0n) is 8.96. The molecule has 0 bridgehead atoms. The molecule has 8 heteroatoms. The second-order valence-electron chi connectivity index (χ2n) is 3.19. The van der Waals surface area contributed by atoms with Crippen LogP contribution in [-0.4, -0.2) is 27.0 Å². The number of carboxylic acid groups (broad SMARTS) is 1. The molecule has 0 aliphatic heterocycles. The molecule has 1 aromatic carbocycles. The van der Waals surface area contributed by atoms with Crippen LogP contribution in [-0.2, 0) is 4.79 Å². The lowest BCUT2D eigenvalue weighted by Gasteiger charge is -2.01. The molecule has 5 nitrogen and oxygen atoms in total. The molecule has 1 aromatic heterocycles. The molecular weight excluding hydrogens is 338 g/mol. The molecular formula is C10H8BrN3O2S2. The van der Waals surface area contributed by atoms with Crippen molar-refractivity contribution in [2.24, 2.45) is 0 Å². The molecule has 0 spiro atoms. The minimum atomic E-state index is -0.864. The molecule has 2 N–H and O–H groups in total. The van der Waals surface area contributed by atoms with Crippen molar-refractivity contribution in [3.8, 4) is 0 Å². The van der Waals surface area contributed by atoms with E-state index in [0.717, 1.165) is 21.9 Å². The van der Waals surface area contributed by atoms with Crippen molar-refractivity contribution in [1.82, 2.24) is 10.2 Å². The first-order chi connectivity index (χ1) is 8.63. The van der Waals surface area contributed by atoms with Crippen molar-refractivity contribution in [2.45, 2.75) is 4.34 Å². The van der Waals surface area contributed by atoms with Gasteiger partial charge >= 0.3 is 5.97 Å². The van der Waals surface area contributed by atoms with Crippen LogP contribution in [0, 0.1) is 0 Å². The minimum absolute atomic E-state index is 0.00841. The van der Waals surface area contributed by atoms with E-state index in [-0.39, 0.29) is 5.75 Å². The highest BCUT2D eigenvalue weighted by Crippen LogP contribution is 2.28. The van der Waals surface area contributed by atoms with Crippen molar-refractivity contribution in [2.75, 3.05) is 11.1 Å². The second-order valence-corrected chi connectivity index (χ2v) is 6.31. The Morgan fingerprint density at radius 2 is 2.33 bits per heavy atom. The van der Waals surface area contributed by atoms with Gasteiger partial charge in [0.15, 0.2) is 4.34 Å². The zero-order valence-corrected chi connectivity index (χ0v) is 12.2. The Bertz CT molecular complexity index is 562. The van der Waals surface area contributed by atoms with Crippen LogP contribution in [0.2, 0.25) is 0 Å². The fourth-order valence-electron chi connectivity index (χ4n) is 1.13. The van der Waals surface area contributed by atoms with Gasteiger partial charge in [0.05, 0.1) is 5.75 Å². The maximum atomic E-state index is 10.4. The molecule has 1 heterocycles. The van der Waals surface area contributed by atoms with Crippen LogP contribution >= 0.6 is 39.0 Å². The largest absolute Gasteiger partial charge is 0.481 e. The number of benzene rings is 1. The lowest BCUT2D eigenvalue weighted by Crippen LogP contribution is -1.96. The number of hydrogen-bond acceptors (Lipinski definition) is 6. The average molecular weight is 346 g/mol. The Kier molecular flexibility index (Phi) is 4.56. The molecule has 0 atom stereocenters. The Morgan fingerprint density at radius 1 is 1.50 bits per heavy atom. The Hall–Kier alpha value is -1.12. The number of carbonyl (C=O) groups is 1. The normalized spacial score (nSPS) is 10.3. The van der Waals surface area contributed by atoms with E-state index in [9.17, 15) is 4.79 Å². The third-order valence-electron chi connectivity index (χ3n) is 1.80. The van der Waals surface area contributed by atoms with E-state index in [2.05, 4.69) is 31.4 Å². The van der Waals surface area contributed by atoms with Crippen molar-refractivity contribution < 1.29 is 9.90 Å². The smallest absolute Gasteiger partial charge is 0.313 e. The molecule has 0 fully saturated rings. The third kappa shape index (κ3) is 3.97. The van der Waals surface area contributed by atoms with Crippen LogP contribution in [0.5, 0.6) is 0 Å². The van der Waals surface area contributed by atoms with E-state index in [1.165, 1.54) is 11.3 Å². The summed E-state index contributed by atoms with van der Waals surface area (Å²) in [4.78, 5) is 10.4. The number of halogens is 1. The Balaban J connectivity index is 2.00. The summed E-state index contributed by atoms with van der Waals surface area (Å²) in [6.45, 7) is 0. The highest BCUT2D eigenvalue weighted by Gasteiger charge is 2.07. The van der Waals surface area contributed by atoms with Gasteiger partial charge in [0, 0.05) is 10.2 Å². The second kappa shape index (κ2) is 6.17. The first kappa shape index (κ1) is 13.3. The first-order valence-electron chi connectivity index (χ1n) is 4.84. The SMILES string of the molecule is O=C(O)CSc1nnc(Nc2cccc(Br)c2)s1. The van der Waals surface area contributed by atoms with Gasteiger partial charge in [-0.05, 0) is 18.2 Å². The van der Waals surface area contributed by atoms with Crippen LogP contribution in [0.15, 0.2) is 33.1 Å². The number of nitrogens with zero attached hydrogens (tertiary/aromatic N) is 2. The lowest BCUT2D eigenvalue weighted by atomic mass is 10.3. The summed E-state index contributed by atoms with van der Waals surface area (Å²) >= 11 is 5.87. The van der Waals surface area contributed by atoms with Gasteiger partial charge in [-0.15, -0.1) is 10.2 Å². The van der Waals surface area contributed by atoms with Crippen LogP contribution in [0.3, 0.4) is 0 Å². The van der Waals surface area contributed by atoms with E-state index in [1.54, 1.807) is 0 Å². The predicted molar refractivity (Wildman–Crippen MR) is 75.7 cm³/mol. The molecule has 18 heavy (non-hydrogen) atoms. The molecule has 0 aliphatic rings. The summed E-state index contributed by atoms with van der Waals surface area (Å²) in [6, 6.07) is 7.68. The molecule has 94 valence electrons. The van der Waals surface area contributed by atoms with Crippen molar-refractivity contribution in [3.05, 3.63) is 28.7 Å². The summed E-state index contributed by atoms with van der Waals surface area (Å²) in [5.41, 5.74) is 0.898. The molecule has 2 rings (SSSR count). The van der Waals surface area contributed by atoms with Crippen molar-refractivity contribution in [1.29, 1.82) is 0 Å². The van der Waals surface area contributed by atoms with E-state index in [1.807, 2.05) is 24.3 Å². The first-order valence-corrected chi connectivity index (χ1v) is 7.43. The Morgan fingerprint density at radius 3 is 3.06 bits per heavy atom. The number of thioether (sulfide) groups is 1. The van der Waals surface area contributed by atoms with Gasteiger partial charge < -0.3 is 10.4 Å². The minimum Gasteiger partial charge on any atom is -0.481 e. The summed E-state index contributed by atoms with van der Waals surface area (Å²) in [6.07, 6.45) is 0. The molecule has 0 aliphatic carbocycles. The lowest BCUT2D eigenvalue weighted by molar-refractivity contribution is -0.133. The van der Waals surface area contributed by atoms with Crippen molar-refractivity contribution >= 4 is 55.8 Å². The average Bonchev–Trinajstić information content (AvgIpc) is 2.74. The molecule has 0 amide bonds. The van der Waals surface area contributed by atoms with Gasteiger partial charge in [-0.2, -0.15) is 0 Å². The van der Waals surface area contributed by atoms with E-state index >= 15 is 0 Å². The van der Waals surface area contributed by atoms with Gasteiger partial charge in [0.2, 0.25) is 5.13 Å². The molecule has 0 radical (unpaired) electrons. The van der Waals surface area contributed by atoms with Crippen LogP contribution in [0.1, 0.15) is 0 Å². The summed E-state index contributed by atoms with van der Waals surface area (Å²) in [7, 11) is 0. The third-order valence-corrected chi connectivity index (χ3v) is 4.25. The van der Waals surface area contributed by atoms with Gasteiger partial charge in [0.25, 0.3) is 0 Å². The van der Waals surface area contributed by atoms with Crippen LogP contribution < -0.4 is 5.32 Å². The zero-order chi connectivity index (χ0) is 13.0. The standard InChI is InChI=1S/C10H8BrN3O2S2/c11-6-2-1-3-7(4-6)12-9-13-14-10(18-9)17-5-8(15)16/h1-4H,5H2,(H,12,13)(H,15,16). The Labute approximate surface area is 120 Å². The number of nitrogens with one attached hydrogen (secondary N) is 1. The molecule has 0 unspecified atom stereocenters. The predicted octanol–water partition coefficient (Wildman–Crippen LogP) is 3.22. The summed E-state index contributed by atoms with van der Waals surface area (Å²) in [5.74, 6) is -0.873. The quantitative estimate of drug-likeness (QED) is 0.810. The van der Waals surface area contributed by atoms with Gasteiger partial charge in [0.1, 0.15) is 0 Å². The molecule has 0 saturated heterocycles. The number of aromatic nitrogens is 2. The van der Waals surface area contributed by atoms with Gasteiger partial charge in [-0.3, -0.25) is 4.79 Å². The fourth-order valence-corrected chi connectivity index (χ4v) is 3.02. The number of hydrogen-bond donors (Lipinski definition) is 2. The number of aliphatic carboxylic acids is 1. The van der Waals surface area contributed by atoms with Crippen LogP contribution in [0.4, 0.5) is 10.8 Å². The van der Waals surface area contributed by atoms with Gasteiger partial charge in [-0.25, -0.2) is 0 Å². The van der Waals surface area contributed by atoms with Gasteiger partial charge in [-0.1, -0.05) is 45.1 Å². The number of carboxylic acids is 1. The van der Waals surface area contributed by atoms with E-state index in [4.69, 9.17) is 5.11 Å². The van der Waals surface area contributed by atoms with Crippen molar-refractivity contribution in [3.63, 3.8) is 0 Å². The topological polar surface area (TPSA) is 75.1 Å². The fraction of sp³-hybridized carbons (Fsp3) is 0.100. The monoisotopic (exact) mass is 345 g/mol. The number of anilines is 2. The van der Waals surface area contributed by atoms with Crippen LogP contribution in [0.25, 0.3) is 0 Å². The highest BCUT2D eigenvalue weighted by atomic mass is 79.9. The molecule has 0 saturated carbocycles. The molecule has 2 aromatic rings. The highest BCUT2D eigenvalue weighted by molar-refractivity contribution is 9.10. The maximum absolute atomic E-state index is 10.4. The number of rotatable bonds is 5. The maximum Gasteiger partial charge on any atom is 0.313 e.